The summed E-state index contributed by atoms with van der Waals surface area (Å²) in [5, 5.41) is 13.3. The highest BCUT2D eigenvalue weighted by atomic mass is 35.5. The molecule has 7 heteroatoms. The van der Waals surface area contributed by atoms with Gasteiger partial charge in [0.25, 0.3) is 0 Å². The number of esters is 1. The first-order valence-electron chi connectivity index (χ1n) is 5.89. The molecule has 0 aliphatic rings. The van der Waals surface area contributed by atoms with E-state index < -0.39 is 5.97 Å². The minimum absolute atomic E-state index is 0.241. The maximum absolute atomic E-state index is 11.5. The number of pyridine rings is 1. The molecule has 0 fully saturated rings. The second kappa shape index (κ2) is 6.17. The van der Waals surface area contributed by atoms with Gasteiger partial charge in [0.2, 0.25) is 0 Å². The van der Waals surface area contributed by atoms with E-state index in [4.69, 9.17) is 21.6 Å². The Labute approximate surface area is 120 Å². The van der Waals surface area contributed by atoms with Crippen LogP contribution < -0.4 is 0 Å². The van der Waals surface area contributed by atoms with E-state index in [1.807, 2.05) is 6.07 Å². The molecule has 0 amide bonds. The van der Waals surface area contributed by atoms with Crippen molar-refractivity contribution >= 4 is 17.6 Å². The third-order valence-electron chi connectivity index (χ3n) is 2.53. The van der Waals surface area contributed by atoms with Crippen LogP contribution >= 0.6 is 11.6 Å². The zero-order valence-electron chi connectivity index (χ0n) is 10.7. The van der Waals surface area contributed by atoms with Crippen molar-refractivity contribution in [3.8, 4) is 6.07 Å². The summed E-state index contributed by atoms with van der Waals surface area (Å²) in [5.74, 6) is -0.423. The molecule has 0 saturated heterocycles. The molecular weight excluding hydrogens is 280 g/mol. The van der Waals surface area contributed by atoms with Crippen LogP contribution in [0.15, 0.2) is 24.5 Å². The molecule has 0 aliphatic heterocycles. The van der Waals surface area contributed by atoms with Gasteiger partial charge in [0.05, 0.1) is 24.9 Å². The molecular formula is C13H11ClN4O2. The van der Waals surface area contributed by atoms with Crippen LogP contribution in [0.3, 0.4) is 0 Å². The Bertz CT molecular complexity index is 675. The molecule has 0 radical (unpaired) electrons. The summed E-state index contributed by atoms with van der Waals surface area (Å²) in [5.41, 5.74) is 1.29. The fraction of sp³-hybridized carbons (Fsp3) is 0.231. The van der Waals surface area contributed by atoms with Crippen molar-refractivity contribution in [2.24, 2.45) is 0 Å². The van der Waals surface area contributed by atoms with Crippen molar-refractivity contribution in [2.45, 2.75) is 13.5 Å². The van der Waals surface area contributed by atoms with Gasteiger partial charge in [-0.2, -0.15) is 10.4 Å². The molecule has 2 rings (SSSR count). The van der Waals surface area contributed by atoms with Crippen LogP contribution in [0.2, 0.25) is 5.15 Å². The Kier molecular flexibility index (Phi) is 4.33. The zero-order chi connectivity index (χ0) is 14.5. The summed E-state index contributed by atoms with van der Waals surface area (Å²) in [6, 6.07) is 5.29. The Morgan fingerprint density at radius 1 is 1.55 bits per heavy atom. The Morgan fingerprint density at radius 3 is 3.05 bits per heavy atom. The lowest BCUT2D eigenvalue weighted by molar-refractivity contribution is 0.0526. The highest BCUT2D eigenvalue weighted by Crippen LogP contribution is 2.12. The summed E-state index contributed by atoms with van der Waals surface area (Å²) in [4.78, 5) is 15.5. The van der Waals surface area contributed by atoms with E-state index in [2.05, 4.69) is 10.1 Å². The minimum Gasteiger partial charge on any atom is -0.462 e. The molecule has 0 N–H and O–H groups in total. The lowest BCUT2D eigenvalue weighted by Gasteiger charge is -2.03. The summed E-state index contributed by atoms with van der Waals surface area (Å²) in [6.45, 7) is 2.37. The number of hydrogen-bond donors (Lipinski definition) is 0. The number of carbonyl (C=O) groups is 1. The number of aromatic nitrogens is 3. The third-order valence-corrected chi connectivity index (χ3v) is 2.74. The summed E-state index contributed by atoms with van der Waals surface area (Å²) >= 11 is 5.73. The molecule has 0 spiro atoms. The van der Waals surface area contributed by atoms with Crippen LogP contribution in [0, 0.1) is 11.3 Å². The number of carbonyl (C=O) groups excluding carboxylic acids is 1. The molecule has 0 unspecified atom stereocenters. The predicted octanol–water partition coefficient (Wildman–Crippen LogP) is 2.03. The van der Waals surface area contributed by atoms with Crippen LogP contribution in [-0.4, -0.2) is 27.3 Å². The molecule has 2 aromatic rings. The highest BCUT2D eigenvalue weighted by molar-refractivity contribution is 6.29. The Balaban J connectivity index is 2.19. The maximum Gasteiger partial charge on any atom is 0.341 e. The van der Waals surface area contributed by atoms with Gasteiger partial charge in [-0.3, -0.25) is 4.68 Å². The van der Waals surface area contributed by atoms with Gasteiger partial charge in [0.15, 0.2) is 0 Å². The van der Waals surface area contributed by atoms with Crippen LogP contribution in [0.1, 0.15) is 28.5 Å². The molecule has 2 aromatic heterocycles. The van der Waals surface area contributed by atoms with E-state index in [-0.39, 0.29) is 10.8 Å². The van der Waals surface area contributed by atoms with Crippen molar-refractivity contribution in [3.63, 3.8) is 0 Å². The first-order chi connectivity index (χ1) is 9.63. The standard InChI is InChI=1S/C13H11ClN4O2/c1-2-20-13(19)10-6-16-18(8-10)7-9-3-4-12(14)17-11(9)5-15/h3-4,6,8H,2,7H2,1H3. The topological polar surface area (TPSA) is 80.8 Å². The van der Waals surface area contributed by atoms with Crippen LogP contribution in [0.5, 0.6) is 0 Å². The van der Waals surface area contributed by atoms with Gasteiger partial charge in [-0.25, -0.2) is 9.78 Å². The molecule has 0 atom stereocenters. The second-order valence-corrected chi connectivity index (χ2v) is 4.29. The minimum atomic E-state index is -0.423. The van der Waals surface area contributed by atoms with Crippen molar-refractivity contribution in [2.75, 3.05) is 6.61 Å². The molecule has 2 heterocycles. The lowest BCUT2D eigenvalue weighted by atomic mass is 10.2. The van der Waals surface area contributed by atoms with E-state index in [9.17, 15) is 4.79 Å². The van der Waals surface area contributed by atoms with E-state index in [0.717, 1.165) is 0 Å². The average molecular weight is 291 g/mol. The van der Waals surface area contributed by atoms with Gasteiger partial charge < -0.3 is 4.74 Å². The van der Waals surface area contributed by atoms with E-state index in [1.165, 1.54) is 10.9 Å². The fourth-order valence-electron chi connectivity index (χ4n) is 1.63. The Hall–Kier alpha value is -2.39. The maximum atomic E-state index is 11.5. The highest BCUT2D eigenvalue weighted by Gasteiger charge is 2.11. The first-order valence-corrected chi connectivity index (χ1v) is 6.27. The lowest BCUT2D eigenvalue weighted by Crippen LogP contribution is -2.05. The van der Waals surface area contributed by atoms with E-state index in [0.29, 0.717) is 24.3 Å². The SMILES string of the molecule is CCOC(=O)c1cnn(Cc2ccc(Cl)nc2C#N)c1. The van der Waals surface area contributed by atoms with Crippen LogP contribution in [0.4, 0.5) is 0 Å². The normalized spacial score (nSPS) is 10.1. The zero-order valence-corrected chi connectivity index (χ0v) is 11.5. The van der Waals surface area contributed by atoms with Gasteiger partial charge >= 0.3 is 5.97 Å². The number of nitriles is 1. The van der Waals surface area contributed by atoms with Crippen molar-refractivity contribution in [1.29, 1.82) is 5.26 Å². The Morgan fingerprint density at radius 2 is 2.35 bits per heavy atom. The molecule has 20 heavy (non-hydrogen) atoms. The van der Waals surface area contributed by atoms with E-state index in [1.54, 1.807) is 25.3 Å². The number of ether oxygens (including phenoxy) is 1. The van der Waals surface area contributed by atoms with Gasteiger partial charge in [-0.15, -0.1) is 0 Å². The summed E-state index contributed by atoms with van der Waals surface area (Å²) in [7, 11) is 0. The quantitative estimate of drug-likeness (QED) is 0.636. The summed E-state index contributed by atoms with van der Waals surface area (Å²) in [6.07, 6.45) is 2.99. The number of halogens is 1. The molecule has 0 bridgehead atoms. The van der Waals surface area contributed by atoms with Gasteiger partial charge in [0, 0.05) is 11.8 Å². The van der Waals surface area contributed by atoms with Crippen molar-refractivity contribution in [3.05, 3.63) is 46.5 Å². The van der Waals surface area contributed by atoms with Gasteiger partial charge in [0.1, 0.15) is 16.9 Å². The summed E-state index contributed by atoms with van der Waals surface area (Å²) < 4.78 is 6.42. The molecule has 0 aliphatic carbocycles. The van der Waals surface area contributed by atoms with E-state index >= 15 is 0 Å². The average Bonchev–Trinajstić information content (AvgIpc) is 2.89. The van der Waals surface area contributed by atoms with Gasteiger partial charge in [-0.05, 0) is 13.0 Å². The predicted molar refractivity (Wildman–Crippen MR) is 71.2 cm³/mol. The van der Waals surface area contributed by atoms with Crippen molar-refractivity contribution in [1.82, 2.24) is 14.8 Å². The smallest absolute Gasteiger partial charge is 0.341 e. The second-order valence-electron chi connectivity index (χ2n) is 3.90. The number of rotatable bonds is 4. The van der Waals surface area contributed by atoms with Crippen LogP contribution in [0.25, 0.3) is 0 Å². The number of hydrogen-bond acceptors (Lipinski definition) is 5. The number of nitrogens with zero attached hydrogens (tertiary/aromatic N) is 4. The first kappa shape index (κ1) is 14.0. The fourth-order valence-corrected chi connectivity index (χ4v) is 1.78. The molecule has 102 valence electrons. The third kappa shape index (κ3) is 3.13. The monoisotopic (exact) mass is 290 g/mol. The van der Waals surface area contributed by atoms with Gasteiger partial charge in [-0.1, -0.05) is 17.7 Å². The molecule has 0 aromatic carbocycles. The molecule has 0 saturated carbocycles. The molecule has 6 nitrogen and oxygen atoms in total. The van der Waals surface area contributed by atoms with Crippen LogP contribution in [-0.2, 0) is 11.3 Å². The van der Waals surface area contributed by atoms with Crippen molar-refractivity contribution < 1.29 is 9.53 Å². The largest absolute Gasteiger partial charge is 0.462 e.